The van der Waals surface area contributed by atoms with Crippen molar-refractivity contribution in [3.8, 4) is 6.07 Å². The Labute approximate surface area is 280 Å². The first-order valence-electron chi connectivity index (χ1n) is 17.0. The number of nitrogens with one attached hydrogen (secondary N) is 1. The third-order valence-electron chi connectivity index (χ3n) is 9.55. The molecule has 0 amide bonds. The van der Waals surface area contributed by atoms with Crippen LogP contribution >= 0.6 is 0 Å². The first kappa shape index (κ1) is 37.6. The molecule has 2 aliphatic carbocycles. The summed E-state index contributed by atoms with van der Waals surface area (Å²) in [5, 5.41) is 25.0. The number of nitrogens with zero attached hydrogens (tertiary/aromatic N) is 4. The van der Waals surface area contributed by atoms with Crippen LogP contribution in [0.3, 0.4) is 0 Å². The van der Waals surface area contributed by atoms with E-state index >= 15 is 0 Å². The summed E-state index contributed by atoms with van der Waals surface area (Å²) >= 11 is 0. The summed E-state index contributed by atoms with van der Waals surface area (Å²) < 4.78 is 81.8. The predicted molar refractivity (Wildman–Crippen MR) is 174 cm³/mol. The highest BCUT2D eigenvalue weighted by Crippen LogP contribution is 2.41. The Morgan fingerprint density at radius 1 is 1.10 bits per heavy atom. The second-order valence-electron chi connectivity index (χ2n) is 13.3. The Hall–Kier alpha value is -3.18. The fourth-order valence-electron chi connectivity index (χ4n) is 6.32. The predicted octanol–water partition coefficient (Wildman–Crippen LogP) is 7.35. The Kier molecular flexibility index (Phi) is 12.6. The fraction of sp³-hybridized carbons (Fsp3) is 0.676. The molecule has 1 aromatic heterocycles. The van der Waals surface area contributed by atoms with Crippen LogP contribution in [0.4, 0.5) is 23.4 Å². The summed E-state index contributed by atoms with van der Waals surface area (Å²) in [7, 11) is -4.62. The maximum atomic E-state index is 13.5. The van der Waals surface area contributed by atoms with Gasteiger partial charge < -0.3 is 10.0 Å². The molecule has 2 heterocycles. The molecule has 0 unspecified atom stereocenters. The van der Waals surface area contributed by atoms with Crippen LogP contribution in [0.1, 0.15) is 114 Å². The molecular formula is C34H47F4N5O4S. The lowest BCUT2D eigenvalue weighted by molar-refractivity contribution is -0.140. The van der Waals surface area contributed by atoms with E-state index in [9.17, 15) is 35.9 Å². The number of alkyl halides is 3. The quantitative estimate of drug-likeness (QED) is 0.112. The molecule has 9 nitrogen and oxygen atoms in total. The van der Waals surface area contributed by atoms with Crippen molar-refractivity contribution in [2.45, 2.75) is 138 Å². The number of carbonyl (C=O) groups is 1. The van der Waals surface area contributed by atoms with Gasteiger partial charge in [0.2, 0.25) is 0 Å². The summed E-state index contributed by atoms with van der Waals surface area (Å²) in [5.74, 6) is -2.06. The minimum absolute atomic E-state index is 0.0673. The second-order valence-corrected chi connectivity index (χ2v) is 15.5. The number of halogens is 4. The van der Waals surface area contributed by atoms with E-state index in [1.54, 1.807) is 17.7 Å². The van der Waals surface area contributed by atoms with Crippen molar-refractivity contribution in [2.24, 2.45) is 0 Å². The number of sulfone groups is 1. The van der Waals surface area contributed by atoms with Crippen LogP contribution in [-0.2, 0) is 20.8 Å². The monoisotopic (exact) mass is 697 g/mol. The molecule has 5 rings (SSSR count). The number of hydrogen-bond donors (Lipinski definition) is 2. The van der Waals surface area contributed by atoms with Crippen LogP contribution < -0.4 is 10.2 Å². The fourth-order valence-corrected chi connectivity index (χ4v) is 8.21. The standard InChI is InChI=1S/C20H21F4N3O4S.C14H26N2/c1-11-7-18(27(25-11)13-3-2-4-13)26-10-14(9-16(26)19(28)29)32(30,31)17-6-5-12(21)8-15(17)20(22,23)24;1-2-3-4-5-6-7-8-9-12-16-14(13-15)10-11-14/h5-8,13-14,16H,2-4,9-10H2,1H3,(H,28,29);16H,2-12H2,1H3/t14-,16+;/m1./s1. The second kappa shape index (κ2) is 16.0. The van der Waals surface area contributed by atoms with Gasteiger partial charge in [-0.15, -0.1) is 0 Å². The number of unbranched alkanes of at least 4 members (excludes halogenated alkanes) is 7. The molecule has 14 heteroatoms. The van der Waals surface area contributed by atoms with Gasteiger partial charge in [0.15, 0.2) is 9.84 Å². The van der Waals surface area contributed by atoms with Crippen molar-refractivity contribution in [3.05, 3.63) is 41.3 Å². The summed E-state index contributed by atoms with van der Waals surface area (Å²) in [5.41, 5.74) is -1.08. The van der Waals surface area contributed by atoms with Crippen molar-refractivity contribution >= 4 is 21.6 Å². The van der Waals surface area contributed by atoms with Crippen LogP contribution in [0.15, 0.2) is 29.2 Å². The maximum absolute atomic E-state index is 13.5. The molecule has 2 N–H and O–H groups in total. The number of aryl methyl sites for hydroxylation is 1. The molecule has 0 radical (unpaired) electrons. The first-order valence-corrected chi connectivity index (χ1v) is 18.6. The normalized spacial score (nSPS) is 20.5. The first-order chi connectivity index (χ1) is 22.7. The zero-order valence-electron chi connectivity index (χ0n) is 27.7. The van der Waals surface area contributed by atoms with E-state index < -0.39 is 56.0 Å². The van der Waals surface area contributed by atoms with E-state index in [1.807, 2.05) is 0 Å². The molecule has 1 saturated heterocycles. The van der Waals surface area contributed by atoms with Gasteiger partial charge in [-0.3, -0.25) is 5.32 Å². The number of hydrogen-bond acceptors (Lipinski definition) is 7. The number of carboxylic acid groups (broad SMARTS) is 1. The van der Waals surface area contributed by atoms with Gasteiger partial charge in [-0.05, 0) is 76.6 Å². The van der Waals surface area contributed by atoms with Crippen LogP contribution in [0.5, 0.6) is 0 Å². The lowest BCUT2D eigenvalue weighted by Crippen LogP contribution is -2.38. The van der Waals surface area contributed by atoms with E-state index in [-0.39, 0.29) is 24.2 Å². The summed E-state index contributed by atoms with van der Waals surface area (Å²) in [4.78, 5) is 12.3. The molecule has 2 saturated carbocycles. The molecule has 3 fully saturated rings. The Bertz CT molecular complexity index is 1550. The summed E-state index contributed by atoms with van der Waals surface area (Å²) in [6, 6.07) is 4.22. The van der Waals surface area contributed by atoms with Gasteiger partial charge in [-0.2, -0.15) is 23.5 Å². The molecule has 2 aromatic rings. The molecule has 266 valence electrons. The van der Waals surface area contributed by atoms with Gasteiger partial charge in [-0.25, -0.2) is 22.3 Å². The number of rotatable bonds is 15. The van der Waals surface area contributed by atoms with Crippen molar-refractivity contribution in [1.82, 2.24) is 15.1 Å². The van der Waals surface area contributed by atoms with Gasteiger partial charge in [-0.1, -0.05) is 51.9 Å². The molecule has 1 aromatic carbocycles. The average molecular weight is 698 g/mol. The van der Waals surface area contributed by atoms with Gasteiger partial charge in [0, 0.05) is 12.6 Å². The lowest BCUT2D eigenvalue weighted by atomic mass is 9.93. The van der Waals surface area contributed by atoms with Gasteiger partial charge in [0.1, 0.15) is 23.2 Å². The Morgan fingerprint density at radius 3 is 2.29 bits per heavy atom. The van der Waals surface area contributed by atoms with E-state index in [1.165, 1.54) is 56.3 Å². The SMILES string of the molecule is CCCCCCCCCCNC1(C#N)CC1.Cc1cc(N2C[C@H](S(=O)(=O)c3ccc(F)cc3C(F)(F)F)C[C@H]2C(=O)O)n(C2CCC2)n1. The molecule has 48 heavy (non-hydrogen) atoms. The van der Waals surface area contributed by atoms with E-state index in [2.05, 4.69) is 23.4 Å². The van der Waals surface area contributed by atoms with Crippen molar-refractivity contribution in [1.29, 1.82) is 5.26 Å². The van der Waals surface area contributed by atoms with Gasteiger partial charge >= 0.3 is 12.1 Å². The zero-order valence-corrected chi connectivity index (χ0v) is 28.6. The Balaban J connectivity index is 0.000000274. The third-order valence-corrected chi connectivity index (χ3v) is 11.7. The molecule has 3 aliphatic rings. The Morgan fingerprint density at radius 2 is 1.75 bits per heavy atom. The molecule has 1 aliphatic heterocycles. The van der Waals surface area contributed by atoms with E-state index in [4.69, 9.17) is 5.26 Å². The summed E-state index contributed by atoms with van der Waals surface area (Å²) in [6.07, 6.45) is 10.2. The van der Waals surface area contributed by atoms with E-state index in [0.717, 1.165) is 38.6 Å². The molecule has 0 spiro atoms. The van der Waals surface area contributed by atoms with Gasteiger partial charge in [0.05, 0.1) is 33.5 Å². The van der Waals surface area contributed by atoms with Crippen molar-refractivity contribution in [2.75, 3.05) is 18.0 Å². The van der Waals surface area contributed by atoms with Crippen LogP contribution in [-0.4, -0.2) is 59.2 Å². The number of anilines is 1. The van der Waals surface area contributed by atoms with Crippen LogP contribution in [0, 0.1) is 24.1 Å². The molecule has 2 atom stereocenters. The van der Waals surface area contributed by atoms with Crippen molar-refractivity contribution in [3.63, 3.8) is 0 Å². The number of aliphatic carboxylic acids is 1. The van der Waals surface area contributed by atoms with Crippen LogP contribution in [0.25, 0.3) is 0 Å². The highest BCUT2D eigenvalue weighted by molar-refractivity contribution is 7.92. The average Bonchev–Trinajstić information content (AvgIpc) is 3.46. The highest BCUT2D eigenvalue weighted by atomic mass is 32.2. The smallest absolute Gasteiger partial charge is 0.417 e. The topological polar surface area (TPSA) is 128 Å². The van der Waals surface area contributed by atoms with Crippen molar-refractivity contribution < 1.29 is 35.9 Å². The lowest BCUT2D eigenvalue weighted by Gasteiger charge is -2.31. The number of aromatic nitrogens is 2. The third kappa shape index (κ3) is 9.28. The number of carboxylic acids is 1. The highest BCUT2D eigenvalue weighted by Gasteiger charge is 2.48. The van der Waals surface area contributed by atoms with Crippen LogP contribution in [0.2, 0.25) is 0 Å². The summed E-state index contributed by atoms with van der Waals surface area (Å²) in [6.45, 7) is 4.70. The zero-order chi connectivity index (χ0) is 35.1. The number of nitriles is 1. The maximum Gasteiger partial charge on any atom is 0.417 e. The molecule has 0 bridgehead atoms. The minimum atomic E-state index is -5.09. The number of benzene rings is 1. The minimum Gasteiger partial charge on any atom is -0.480 e. The van der Waals surface area contributed by atoms with Gasteiger partial charge in [0.25, 0.3) is 0 Å². The largest absolute Gasteiger partial charge is 0.480 e. The molecular weight excluding hydrogens is 650 g/mol. The van der Waals surface area contributed by atoms with E-state index in [0.29, 0.717) is 23.6 Å².